The quantitative estimate of drug-likeness (QED) is 0.708. The first-order valence-corrected chi connectivity index (χ1v) is 10.4. The number of anilines is 1. The van der Waals surface area contributed by atoms with Gasteiger partial charge in [0, 0.05) is 6.54 Å². The highest BCUT2D eigenvalue weighted by Crippen LogP contribution is 2.21. The van der Waals surface area contributed by atoms with Crippen molar-refractivity contribution in [2.45, 2.75) is 13.3 Å². The summed E-state index contributed by atoms with van der Waals surface area (Å²) in [5, 5.41) is 2.69. The monoisotopic (exact) mass is 394 g/mol. The molecule has 0 atom stereocenters. The van der Waals surface area contributed by atoms with Gasteiger partial charge in [0.2, 0.25) is 15.9 Å². The third kappa shape index (κ3) is 6.56. The van der Waals surface area contributed by atoms with E-state index in [9.17, 15) is 17.6 Å². The van der Waals surface area contributed by atoms with Crippen LogP contribution in [0.1, 0.15) is 12.5 Å². The molecule has 0 unspecified atom stereocenters. The van der Waals surface area contributed by atoms with E-state index in [0.29, 0.717) is 23.6 Å². The van der Waals surface area contributed by atoms with Crippen molar-refractivity contribution in [1.29, 1.82) is 0 Å². The van der Waals surface area contributed by atoms with Gasteiger partial charge in [-0.05, 0) is 48.9 Å². The minimum Gasteiger partial charge on any atom is -0.494 e. The smallest absolute Gasteiger partial charge is 0.232 e. The average molecular weight is 394 g/mol. The molecular weight excluding hydrogens is 371 g/mol. The molecule has 0 bridgehead atoms. The van der Waals surface area contributed by atoms with Crippen LogP contribution in [0, 0.1) is 5.82 Å². The zero-order valence-corrected chi connectivity index (χ0v) is 16.1. The van der Waals surface area contributed by atoms with E-state index < -0.39 is 10.0 Å². The number of amides is 1. The van der Waals surface area contributed by atoms with Gasteiger partial charge in [-0.25, -0.2) is 12.8 Å². The predicted octanol–water partition coefficient (Wildman–Crippen LogP) is 2.35. The zero-order valence-electron chi connectivity index (χ0n) is 15.3. The number of benzene rings is 2. The summed E-state index contributed by atoms with van der Waals surface area (Å²) in [4.78, 5) is 12.0. The van der Waals surface area contributed by atoms with Crippen LogP contribution >= 0.6 is 0 Å². The van der Waals surface area contributed by atoms with Gasteiger partial charge in [0.1, 0.15) is 11.6 Å². The van der Waals surface area contributed by atoms with Crippen LogP contribution in [0.3, 0.4) is 0 Å². The van der Waals surface area contributed by atoms with Crippen molar-refractivity contribution < 1.29 is 22.3 Å². The van der Waals surface area contributed by atoms with E-state index in [-0.39, 0.29) is 31.2 Å². The Bertz CT molecular complexity index is 852. The molecule has 0 radical (unpaired) electrons. The first-order valence-electron chi connectivity index (χ1n) is 8.51. The Morgan fingerprint density at radius 2 is 1.74 bits per heavy atom. The molecule has 0 saturated heterocycles. The lowest BCUT2D eigenvalue weighted by Crippen LogP contribution is -2.38. The molecule has 8 heteroatoms. The maximum absolute atomic E-state index is 12.9. The second kappa shape index (κ2) is 9.36. The highest BCUT2D eigenvalue weighted by Gasteiger charge is 2.17. The summed E-state index contributed by atoms with van der Waals surface area (Å²) in [7, 11) is -3.51. The van der Waals surface area contributed by atoms with Crippen LogP contribution in [0.2, 0.25) is 0 Å². The fourth-order valence-electron chi connectivity index (χ4n) is 2.51. The Morgan fingerprint density at radius 1 is 1.11 bits per heavy atom. The molecule has 6 nitrogen and oxygen atoms in total. The van der Waals surface area contributed by atoms with Crippen LogP contribution in [0.15, 0.2) is 48.5 Å². The minimum absolute atomic E-state index is 0.0992. The van der Waals surface area contributed by atoms with E-state index >= 15 is 0 Å². The number of ether oxygens (including phenoxy) is 1. The molecule has 0 aliphatic carbocycles. The standard InChI is InChI=1S/C19H23FN2O4S/c1-3-26-18-10-8-17(9-11-18)22(27(2,24)25)13-12-21-19(23)14-15-4-6-16(20)7-5-15/h4-11H,3,12-14H2,1-2H3,(H,21,23). The van der Waals surface area contributed by atoms with E-state index in [1.807, 2.05) is 6.92 Å². The Morgan fingerprint density at radius 3 is 2.30 bits per heavy atom. The normalized spacial score (nSPS) is 11.1. The van der Waals surface area contributed by atoms with Crippen LogP contribution in [0.5, 0.6) is 5.75 Å². The van der Waals surface area contributed by atoms with Crippen molar-refractivity contribution in [3.05, 3.63) is 59.9 Å². The van der Waals surface area contributed by atoms with Crippen molar-refractivity contribution >= 4 is 21.6 Å². The summed E-state index contributed by atoms with van der Waals surface area (Å²) in [5.41, 5.74) is 1.18. The lowest BCUT2D eigenvalue weighted by molar-refractivity contribution is -0.120. The number of sulfonamides is 1. The highest BCUT2D eigenvalue weighted by atomic mass is 32.2. The Hall–Kier alpha value is -2.61. The van der Waals surface area contributed by atoms with Gasteiger partial charge in [0.25, 0.3) is 0 Å². The first kappa shape index (κ1) is 20.7. The van der Waals surface area contributed by atoms with E-state index in [1.54, 1.807) is 24.3 Å². The van der Waals surface area contributed by atoms with E-state index in [0.717, 1.165) is 6.26 Å². The maximum atomic E-state index is 12.9. The van der Waals surface area contributed by atoms with E-state index in [1.165, 1.54) is 28.6 Å². The lowest BCUT2D eigenvalue weighted by Gasteiger charge is -2.22. The van der Waals surface area contributed by atoms with Crippen LogP contribution < -0.4 is 14.4 Å². The van der Waals surface area contributed by atoms with E-state index in [4.69, 9.17) is 4.74 Å². The fourth-order valence-corrected chi connectivity index (χ4v) is 3.44. The van der Waals surface area contributed by atoms with Crippen molar-refractivity contribution in [2.24, 2.45) is 0 Å². The molecule has 1 amide bonds. The number of carbonyl (C=O) groups is 1. The molecule has 146 valence electrons. The average Bonchev–Trinajstić information content (AvgIpc) is 2.61. The minimum atomic E-state index is -3.51. The van der Waals surface area contributed by atoms with Gasteiger partial charge >= 0.3 is 0 Å². The van der Waals surface area contributed by atoms with Gasteiger partial charge in [-0.1, -0.05) is 12.1 Å². The third-order valence-corrected chi connectivity index (χ3v) is 4.95. The SMILES string of the molecule is CCOc1ccc(N(CCNC(=O)Cc2ccc(F)cc2)S(C)(=O)=O)cc1. The summed E-state index contributed by atoms with van der Waals surface area (Å²) in [6.45, 7) is 2.64. The van der Waals surface area contributed by atoms with Crippen molar-refractivity contribution in [2.75, 3.05) is 30.3 Å². The molecule has 0 heterocycles. The number of nitrogens with one attached hydrogen (secondary N) is 1. The summed E-state index contributed by atoms with van der Waals surface area (Å²) in [6, 6.07) is 12.4. The molecule has 0 fully saturated rings. The zero-order chi connectivity index (χ0) is 19.9. The molecule has 0 aromatic heterocycles. The maximum Gasteiger partial charge on any atom is 0.232 e. The molecule has 0 saturated carbocycles. The van der Waals surface area contributed by atoms with Crippen molar-refractivity contribution in [3.63, 3.8) is 0 Å². The van der Waals surface area contributed by atoms with Gasteiger partial charge in [0.05, 0.1) is 31.5 Å². The van der Waals surface area contributed by atoms with Crippen LogP contribution in [-0.2, 0) is 21.2 Å². The molecular formula is C19H23FN2O4S. The highest BCUT2D eigenvalue weighted by molar-refractivity contribution is 7.92. The Labute approximate surface area is 159 Å². The van der Waals surface area contributed by atoms with Crippen molar-refractivity contribution in [1.82, 2.24) is 5.32 Å². The fraction of sp³-hybridized carbons (Fsp3) is 0.316. The molecule has 1 N–H and O–H groups in total. The number of nitrogens with zero attached hydrogens (tertiary/aromatic N) is 1. The molecule has 2 rings (SSSR count). The Kier molecular flexibility index (Phi) is 7.18. The van der Waals surface area contributed by atoms with E-state index in [2.05, 4.69) is 5.32 Å². The van der Waals surface area contributed by atoms with Gasteiger partial charge < -0.3 is 10.1 Å². The number of halogens is 1. The topological polar surface area (TPSA) is 75.7 Å². The Balaban J connectivity index is 1.94. The molecule has 0 aliphatic rings. The van der Waals surface area contributed by atoms with Crippen LogP contribution in [-0.4, -0.2) is 40.3 Å². The number of rotatable bonds is 9. The molecule has 27 heavy (non-hydrogen) atoms. The second-order valence-corrected chi connectivity index (χ2v) is 7.82. The van der Waals surface area contributed by atoms with Crippen molar-refractivity contribution in [3.8, 4) is 5.75 Å². The van der Waals surface area contributed by atoms with Gasteiger partial charge in [0.15, 0.2) is 0 Å². The second-order valence-electron chi connectivity index (χ2n) is 5.92. The summed E-state index contributed by atoms with van der Waals surface area (Å²) in [6.07, 6.45) is 1.21. The number of hydrogen-bond donors (Lipinski definition) is 1. The lowest BCUT2D eigenvalue weighted by atomic mass is 10.1. The summed E-state index contributed by atoms with van der Waals surface area (Å²) >= 11 is 0. The molecule has 0 aliphatic heterocycles. The molecule has 0 spiro atoms. The molecule has 2 aromatic carbocycles. The third-order valence-electron chi connectivity index (χ3n) is 3.75. The largest absolute Gasteiger partial charge is 0.494 e. The summed E-state index contributed by atoms with van der Waals surface area (Å²) in [5.74, 6) is 0.0300. The number of carbonyl (C=O) groups excluding carboxylic acids is 1. The number of hydrogen-bond acceptors (Lipinski definition) is 4. The molecule has 2 aromatic rings. The van der Waals surface area contributed by atoms with Crippen LogP contribution in [0.25, 0.3) is 0 Å². The predicted molar refractivity (Wildman–Crippen MR) is 103 cm³/mol. The van der Waals surface area contributed by atoms with Crippen LogP contribution in [0.4, 0.5) is 10.1 Å². The summed E-state index contributed by atoms with van der Waals surface area (Å²) < 4.78 is 43.6. The van der Waals surface area contributed by atoms with Gasteiger partial charge in [-0.3, -0.25) is 9.10 Å². The van der Waals surface area contributed by atoms with Gasteiger partial charge in [-0.2, -0.15) is 0 Å². The van der Waals surface area contributed by atoms with Gasteiger partial charge in [-0.15, -0.1) is 0 Å². The first-order chi connectivity index (χ1) is 12.8.